The van der Waals surface area contributed by atoms with Crippen molar-refractivity contribution < 1.29 is 4.79 Å². The van der Waals surface area contributed by atoms with Crippen LogP contribution in [0.5, 0.6) is 0 Å². The fraction of sp³-hybridized carbons (Fsp3) is 0.500. The van der Waals surface area contributed by atoms with Gasteiger partial charge in [-0.3, -0.25) is 4.79 Å². The van der Waals surface area contributed by atoms with Crippen LogP contribution in [0.4, 0.5) is 0 Å². The molecule has 58 valence electrons. The molecule has 0 rings (SSSR count). The van der Waals surface area contributed by atoms with E-state index in [4.69, 9.17) is 23.2 Å². The van der Waals surface area contributed by atoms with Gasteiger partial charge in [0.1, 0.15) is 0 Å². The van der Waals surface area contributed by atoms with E-state index in [2.05, 4.69) is 11.9 Å². The molecule has 0 aromatic heterocycles. The zero-order valence-corrected chi connectivity index (χ0v) is 7.00. The van der Waals surface area contributed by atoms with Crippen LogP contribution in [0.1, 0.15) is 6.42 Å². The predicted octanol–water partition coefficient (Wildman–Crippen LogP) is 1.48. The summed E-state index contributed by atoms with van der Waals surface area (Å²) < 4.78 is 0. The normalized spacial score (nSPS) is 9.00. The van der Waals surface area contributed by atoms with Crippen molar-refractivity contribution in [1.82, 2.24) is 5.32 Å². The van der Waals surface area contributed by atoms with Gasteiger partial charge in [0, 0.05) is 17.3 Å². The molecule has 0 heterocycles. The summed E-state index contributed by atoms with van der Waals surface area (Å²) in [6.45, 7) is 3.72. The minimum Gasteiger partial charge on any atom is -0.351 e. The Morgan fingerprint density at radius 1 is 1.60 bits per heavy atom. The molecule has 1 N–H and O–H groups in total. The van der Waals surface area contributed by atoms with Crippen molar-refractivity contribution in [2.45, 2.75) is 6.42 Å². The van der Waals surface area contributed by atoms with Gasteiger partial charge in [-0.1, -0.05) is 18.2 Å². The summed E-state index contributed by atoms with van der Waals surface area (Å²) in [5, 5.41) is 2.95. The zero-order chi connectivity index (χ0) is 7.98. The van der Waals surface area contributed by atoms with Crippen molar-refractivity contribution in [3.63, 3.8) is 0 Å². The summed E-state index contributed by atoms with van der Waals surface area (Å²) in [6.07, 6.45) is 0.325. The van der Waals surface area contributed by atoms with Crippen molar-refractivity contribution >= 4 is 29.1 Å². The van der Waals surface area contributed by atoms with Gasteiger partial charge in [-0.2, -0.15) is 0 Å². The molecule has 4 heteroatoms. The Bertz CT molecular complexity index is 136. The van der Waals surface area contributed by atoms with Crippen LogP contribution in [0, 0.1) is 0 Å². The van der Waals surface area contributed by atoms with Crippen LogP contribution < -0.4 is 5.32 Å². The van der Waals surface area contributed by atoms with Crippen molar-refractivity contribution in [3.8, 4) is 0 Å². The molecule has 0 saturated carbocycles. The van der Waals surface area contributed by atoms with E-state index in [0.29, 0.717) is 23.9 Å². The average Bonchev–Trinajstić information content (AvgIpc) is 1.85. The van der Waals surface area contributed by atoms with Crippen LogP contribution in [-0.4, -0.2) is 18.3 Å². The molecule has 0 aromatic carbocycles. The summed E-state index contributed by atoms with van der Waals surface area (Å²) in [4.78, 5) is 10.7. The third-order valence-corrected chi connectivity index (χ3v) is 1.12. The first-order chi connectivity index (χ1) is 4.66. The smallest absolute Gasteiger partial charge is 0.221 e. The number of alkyl halides is 1. The Kier molecular flexibility index (Phi) is 5.45. The average molecular weight is 182 g/mol. The fourth-order valence-corrected chi connectivity index (χ4v) is 0.607. The van der Waals surface area contributed by atoms with Crippen molar-refractivity contribution in [1.29, 1.82) is 0 Å². The first-order valence-electron chi connectivity index (χ1n) is 2.82. The Labute approximate surface area is 70.2 Å². The van der Waals surface area contributed by atoms with E-state index >= 15 is 0 Å². The molecular weight excluding hydrogens is 173 g/mol. The number of halogens is 2. The summed E-state index contributed by atoms with van der Waals surface area (Å²) in [5.74, 6) is 0.234. The molecule has 0 aromatic rings. The molecule has 0 bridgehead atoms. The lowest BCUT2D eigenvalue weighted by Gasteiger charge is -1.99. The molecule has 1 amide bonds. The van der Waals surface area contributed by atoms with E-state index in [1.54, 1.807) is 0 Å². The van der Waals surface area contributed by atoms with Crippen LogP contribution in [0.25, 0.3) is 0 Å². The molecule has 0 aliphatic heterocycles. The molecule has 0 aliphatic carbocycles. The maximum atomic E-state index is 10.7. The Balaban J connectivity index is 3.30. The molecule has 0 aliphatic rings. The van der Waals surface area contributed by atoms with Gasteiger partial charge in [0.2, 0.25) is 5.91 Å². The van der Waals surface area contributed by atoms with E-state index < -0.39 is 0 Å². The lowest BCUT2D eigenvalue weighted by Crippen LogP contribution is -2.24. The number of hydrogen-bond acceptors (Lipinski definition) is 1. The van der Waals surface area contributed by atoms with Gasteiger partial charge < -0.3 is 5.32 Å². The van der Waals surface area contributed by atoms with Gasteiger partial charge in [-0.05, 0) is 0 Å². The van der Waals surface area contributed by atoms with Crippen molar-refractivity contribution in [2.75, 3.05) is 12.4 Å². The maximum absolute atomic E-state index is 10.7. The minimum atomic E-state index is -0.100. The molecule has 0 atom stereocenters. The number of carbonyl (C=O) groups excluding carboxylic acids is 1. The van der Waals surface area contributed by atoms with Crippen LogP contribution >= 0.6 is 23.2 Å². The van der Waals surface area contributed by atoms with Crippen molar-refractivity contribution in [2.24, 2.45) is 0 Å². The van der Waals surface area contributed by atoms with Gasteiger partial charge in [0.05, 0.1) is 6.54 Å². The molecule has 0 unspecified atom stereocenters. The fourth-order valence-electron chi connectivity index (χ4n) is 0.369. The van der Waals surface area contributed by atoms with Gasteiger partial charge in [0.15, 0.2) is 0 Å². The Hall–Kier alpha value is -0.210. The number of nitrogens with one attached hydrogen (secondary N) is 1. The highest BCUT2D eigenvalue weighted by Gasteiger charge is 1.97. The first-order valence-corrected chi connectivity index (χ1v) is 3.74. The third-order valence-electron chi connectivity index (χ3n) is 0.799. The lowest BCUT2D eigenvalue weighted by atomic mass is 10.4. The summed E-state index contributed by atoms with van der Waals surface area (Å²) in [5.41, 5.74) is 0. The van der Waals surface area contributed by atoms with Crippen LogP contribution in [0.3, 0.4) is 0 Å². The van der Waals surface area contributed by atoms with E-state index in [1.165, 1.54) is 0 Å². The second-order valence-corrected chi connectivity index (χ2v) is 2.65. The topological polar surface area (TPSA) is 29.1 Å². The number of hydrogen-bond donors (Lipinski definition) is 1. The van der Waals surface area contributed by atoms with Crippen molar-refractivity contribution in [3.05, 3.63) is 11.6 Å². The molecule has 0 saturated heterocycles. The highest BCUT2D eigenvalue weighted by molar-refractivity contribution is 6.29. The monoisotopic (exact) mass is 181 g/mol. The number of carbonyl (C=O) groups is 1. The first kappa shape index (κ1) is 9.79. The summed E-state index contributed by atoms with van der Waals surface area (Å²) >= 11 is 10.7. The highest BCUT2D eigenvalue weighted by atomic mass is 35.5. The van der Waals surface area contributed by atoms with E-state index in [9.17, 15) is 4.79 Å². The van der Waals surface area contributed by atoms with Gasteiger partial charge in [-0.25, -0.2) is 0 Å². The molecule has 0 spiro atoms. The maximum Gasteiger partial charge on any atom is 0.221 e. The quantitative estimate of drug-likeness (QED) is 0.655. The van der Waals surface area contributed by atoms with Crippen LogP contribution in [0.15, 0.2) is 11.6 Å². The Morgan fingerprint density at radius 2 is 2.20 bits per heavy atom. The lowest BCUT2D eigenvalue weighted by molar-refractivity contribution is -0.120. The predicted molar refractivity (Wildman–Crippen MR) is 43.3 cm³/mol. The van der Waals surface area contributed by atoms with Crippen LogP contribution in [0.2, 0.25) is 0 Å². The highest BCUT2D eigenvalue weighted by Crippen LogP contribution is 1.92. The standard InChI is InChI=1S/C6H9Cl2NO/c1-5(8)4-9-6(10)2-3-7/h1-4H2,(H,9,10). The molecular formula is C6H9Cl2NO. The summed E-state index contributed by atoms with van der Waals surface area (Å²) in [7, 11) is 0. The number of amides is 1. The van der Waals surface area contributed by atoms with Gasteiger partial charge in [0.25, 0.3) is 0 Å². The molecule has 10 heavy (non-hydrogen) atoms. The van der Waals surface area contributed by atoms with E-state index in [-0.39, 0.29) is 5.91 Å². The summed E-state index contributed by atoms with van der Waals surface area (Å²) in [6, 6.07) is 0. The number of rotatable bonds is 4. The minimum absolute atomic E-state index is 0.100. The van der Waals surface area contributed by atoms with Gasteiger partial charge in [-0.15, -0.1) is 11.6 Å². The van der Waals surface area contributed by atoms with Gasteiger partial charge >= 0.3 is 0 Å². The second-order valence-electron chi connectivity index (χ2n) is 1.73. The SMILES string of the molecule is C=C(Cl)CNC(=O)CCCl. The molecule has 0 radical (unpaired) electrons. The largest absolute Gasteiger partial charge is 0.351 e. The zero-order valence-electron chi connectivity index (χ0n) is 5.49. The van der Waals surface area contributed by atoms with Crippen LogP contribution in [-0.2, 0) is 4.79 Å². The Morgan fingerprint density at radius 3 is 2.60 bits per heavy atom. The third kappa shape index (κ3) is 5.92. The second kappa shape index (κ2) is 5.57. The van der Waals surface area contributed by atoms with E-state index in [0.717, 1.165) is 0 Å². The molecule has 0 fully saturated rings. The van der Waals surface area contributed by atoms with E-state index in [1.807, 2.05) is 0 Å². The molecule has 2 nitrogen and oxygen atoms in total.